The number of carbonyl (C=O) groups excluding carboxylic acids is 2. The van der Waals surface area contributed by atoms with Crippen molar-refractivity contribution in [3.63, 3.8) is 0 Å². The van der Waals surface area contributed by atoms with Crippen molar-refractivity contribution in [1.82, 2.24) is 25.2 Å². The number of methoxy groups -OCH3 is 1. The van der Waals surface area contributed by atoms with Crippen LogP contribution in [0.25, 0.3) is 10.4 Å². The number of ether oxygens (including phenoxy) is 1. The number of esters is 1. The van der Waals surface area contributed by atoms with Gasteiger partial charge in [-0.1, -0.05) is 61.9 Å². The number of benzene rings is 1. The standard InChI is InChI=1S/C18H20N6O3S/c1-4-11(2)14(24-10-19-22-23-24)16(25)21-18-20-13(17(26)27-3)15(28-18)12-8-6-5-7-9-12/h5-11,14H,4H2,1-3H3,(H,20,21,25). The van der Waals surface area contributed by atoms with Crippen LogP contribution in [-0.2, 0) is 9.53 Å². The van der Waals surface area contributed by atoms with Crippen LogP contribution in [0.1, 0.15) is 36.8 Å². The fourth-order valence-electron chi connectivity index (χ4n) is 2.73. The van der Waals surface area contributed by atoms with Crippen molar-refractivity contribution in [3.8, 4) is 10.4 Å². The normalized spacial score (nSPS) is 13.0. The molecule has 0 radical (unpaired) electrons. The van der Waals surface area contributed by atoms with Crippen molar-refractivity contribution in [3.05, 3.63) is 42.4 Å². The van der Waals surface area contributed by atoms with Crippen LogP contribution in [0.5, 0.6) is 0 Å². The SMILES string of the molecule is CCC(C)C(C(=O)Nc1nc(C(=O)OC)c(-c2ccccc2)s1)n1cnnn1. The second-order valence-corrected chi connectivity index (χ2v) is 7.16. The zero-order valence-corrected chi connectivity index (χ0v) is 16.5. The highest BCUT2D eigenvalue weighted by Crippen LogP contribution is 2.34. The van der Waals surface area contributed by atoms with Gasteiger partial charge >= 0.3 is 5.97 Å². The fraction of sp³-hybridized carbons (Fsp3) is 0.333. The third kappa shape index (κ3) is 4.06. The van der Waals surface area contributed by atoms with Crippen molar-refractivity contribution in [1.29, 1.82) is 0 Å². The van der Waals surface area contributed by atoms with E-state index >= 15 is 0 Å². The molecule has 9 nitrogen and oxygen atoms in total. The molecule has 0 aliphatic heterocycles. The van der Waals surface area contributed by atoms with Crippen molar-refractivity contribution in [2.24, 2.45) is 5.92 Å². The van der Waals surface area contributed by atoms with E-state index in [9.17, 15) is 9.59 Å². The molecule has 0 saturated carbocycles. The first-order valence-electron chi connectivity index (χ1n) is 8.73. The van der Waals surface area contributed by atoms with Crippen LogP contribution in [0, 0.1) is 5.92 Å². The maximum absolute atomic E-state index is 12.9. The van der Waals surface area contributed by atoms with Gasteiger partial charge in [0.2, 0.25) is 0 Å². The van der Waals surface area contributed by atoms with Gasteiger partial charge in [0.25, 0.3) is 5.91 Å². The highest BCUT2D eigenvalue weighted by atomic mass is 32.1. The van der Waals surface area contributed by atoms with Gasteiger partial charge in [0.1, 0.15) is 12.4 Å². The van der Waals surface area contributed by atoms with Gasteiger partial charge in [0.05, 0.1) is 12.0 Å². The summed E-state index contributed by atoms with van der Waals surface area (Å²) in [7, 11) is 1.30. The van der Waals surface area contributed by atoms with Crippen molar-refractivity contribution in [2.75, 3.05) is 12.4 Å². The Balaban J connectivity index is 1.92. The monoisotopic (exact) mass is 400 g/mol. The van der Waals surface area contributed by atoms with Crippen molar-refractivity contribution >= 4 is 28.3 Å². The molecular formula is C18H20N6O3S. The Morgan fingerprint density at radius 3 is 2.64 bits per heavy atom. The van der Waals surface area contributed by atoms with Crippen molar-refractivity contribution < 1.29 is 14.3 Å². The third-order valence-electron chi connectivity index (χ3n) is 4.37. The molecule has 2 unspecified atom stereocenters. The molecule has 1 N–H and O–H groups in total. The lowest BCUT2D eigenvalue weighted by Crippen LogP contribution is -2.31. The molecule has 0 aliphatic carbocycles. The summed E-state index contributed by atoms with van der Waals surface area (Å²) in [5, 5.41) is 14.2. The number of nitrogens with one attached hydrogen (secondary N) is 1. The van der Waals surface area contributed by atoms with E-state index in [2.05, 4.69) is 25.8 Å². The van der Waals surface area contributed by atoms with E-state index in [1.54, 1.807) is 0 Å². The molecule has 2 aromatic heterocycles. The molecule has 2 heterocycles. The molecule has 10 heteroatoms. The number of carbonyl (C=O) groups is 2. The number of rotatable bonds is 7. The fourth-order valence-corrected chi connectivity index (χ4v) is 3.69. The zero-order valence-electron chi connectivity index (χ0n) is 15.7. The Morgan fingerprint density at radius 2 is 2.04 bits per heavy atom. The van der Waals surface area contributed by atoms with Gasteiger partial charge in [-0.3, -0.25) is 4.79 Å². The summed E-state index contributed by atoms with van der Waals surface area (Å²) in [6.45, 7) is 3.94. The van der Waals surface area contributed by atoms with E-state index in [0.717, 1.165) is 12.0 Å². The number of hydrogen-bond donors (Lipinski definition) is 1. The summed E-state index contributed by atoms with van der Waals surface area (Å²) in [6.07, 6.45) is 2.17. The molecule has 0 fully saturated rings. The summed E-state index contributed by atoms with van der Waals surface area (Å²) in [6, 6.07) is 8.76. The maximum Gasteiger partial charge on any atom is 0.358 e. The molecular weight excluding hydrogens is 380 g/mol. The van der Waals surface area contributed by atoms with Gasteiger partial charge in [-0.2, -0.15) is 0 Å². The summed E-state index contributed by atoms with van der Waals surface area (Å²) in [5.74, 6) is -0.863. The first-order chi connectivity index (χ1) is 13.5. The van der Waals surface area contributed by atoms with Crippen LogP contribution in [0.4, 0.5) is 5.13 Å². The number of thiazole rings is 1. The number of anilines is 1. The second kappa shape index (κ2) is 8.70. The average Bonchev–Trinajstić information content (AvgIpc) is 3.38. The number of amides is 1. The van der Waals surface area contributed by atoms with Gasteiger partial charge in [0.15, 0.2) is 10.8 Å². The lowest BCUT2D eigenvalue weighted by Gasteiger charge is -2.20. The maximum atomic E-state index is 12.9. The molecule has 2 atom stereocenters. The van der Waals surface area contributed by atoms with E-state index in [1.165, 1.54) is 29.5 Å². The summed E-state index contributed by atoms with van der Waals surface area (Å²) < 4.78 is 6.27. The van der Waals surface area contributed by atoms with Crippen LogP contribution in [0.2, 0.25) is 0 Å². The number of nitrogens with zero attached hydrogens (tertiary/aromatic N) is 5. The molecule has 1 aromatic carbocycles. The predicted octanol–water partition coefficient (Wildman–Crippen LogP) is 2.81. The minimum absolute atomic E-state index is 0.00265. The highest BCUT2D eigenvalue weighted by molar-refractivity contribution is 7.19. The predicted molar refractivity (Wildman–Crippen MR) is 104 cm³/mol. The molecule has 146 valence electrons. The third-order valence-corrected chi connectivity index (χ3v) is 5.39. The topological polar surface area (TPSA) is 112 Å². The Bertz CT molecular complexity index is 942. The minimum atomic E-state index is -0.592. The molecule has 28 heavy (non-hydrogen) atoms. The van der Waals surface area contributed by atoms with Crippen LogP contribution >= 0.6 is 11.3 Å². The van der Waals surface area contributed by atoms with E-state index in [4.69, 9.17) is 4.74 Å². The van der Waals surface area contributed by atoms with E-state index in [0.29, 0.717) is 10.0 Å². The van der Waals surface area contributed by atoms with Crippen LogP contribution in [0.15, 0.2) is 36.7 Å². The Hall–Kier alpha value is -3.14. The molecule has 0 bridgehead atoms. The Kier molecular flexibility index (Phi) is 6.09. The quantitative estimate of drug-likeness (QED) is 0.607. The minimum Gasteiger partial charge on any atom is -0.464 e. The lowest BCUT2D eigenvalue weighted by molar-refractivity contribution is -0.121. The number of tetrazole rings is 1. The number of hydrogen-bond acceptors (Lipinski definition) is 8. The van der Waals surface area contributed by atoms with Gasteiger partial charge in [-0.15, -0.1) is 5.10 Å². The highest BCUT2D eigenvalue weighted by Gasteiger charge is 2.29. The largest absolute Gasteiger partial charge is 0.464 e. The first kappa shape index (κ1) is 19.6. The second-order valence-electron chi connectivity index (χ2n) is 6.16. The molecule has 0 spiro atoms. The van der Waals surface area contributed by atoms with Crippen LogP contribution in [0.3, 0.4) is 0 Å². The summed E-state index contributed by atoms with van der Waals surface area (Å²) in [4.78, 5) is 30.0. The van der Waals surface area contributed by atoms with Crippen molar-refractivity contribution in [2.45, 2.75) is 26.3 Å². The first-order valence-corrected chi connectivity index (χ1v) is 9.54. The molecule has 3 rings (SSSR count). The van der Waals surface area contributed by atoms with Gasteiger partial charge in [0, 0.05) is 0 Å². The molecule has 1 amide bonds. The smallest absolute Gasteiger partial charge is 0.358 e. The van der Waals surface area contributed by atoms with E-state index in [-0.39, 0.29) is 17.5 Å². The molecule has 0 saturated heterocycles. The number of aromatic nitrogens is 5. The van der Waals surface area contributed by atoms with Gasteiger partial charge in [-0.05, 0) is 21.9 Å². The molecule has 0 aliphatic rings. The lowest BCUT2D eigenvalue weighted by atomic mass is 9.99. The molecule has 3 aromatic rings. The average molecular weight is 400 g/mol. The van der Waals surface area contributed by atoms with Crippen LogP contribution < -0.4 is 5.32 Å². The summed E-state index contributed by atoms with van der Waals surface area (Å²) in [5.41, 5.74) is 0.983. The Morgan fingerprint density at radius 1 is 1.29 bits per heavy atom. The van der Waals surface area contributed by atoms with Crippen LogP contribution in [-0.4, -0.2) is 44.2 Å². The van der Waals surface area contributed by atoms with E-state index in [1.807, 2.05) is 44.2 Å². The Labute approximate surface area is 165 Å². The van der Waals surface area contributed by atoms with E-state index < -0.39 is 12.0 Å². The summed E-state index contributed by atoms with van der Waals surface area (Å²) >= 11 is 1.21. The van der Waals surface area contributed by atoms with Gasteiger partial charge < -0.3 is 10.1 Å². The van der Waals surface area contributed by atoms with Gasteiger partial charge in [-0.25, -0.2) is 14.5 Å². The zero-order chi connectivity index (χ0) is 20.1.